The fraction of sp³-hybridized carbons (Fsp3) is 0.667. The minimum absolute atomic E-state index is 0.161. The second-order valence-corrected chi connectivity index (χ2v) is 7.04. The molecule has 1 unspecified atom stereocenters. The summed E-state index contributed by atoms with van der Waals surface area (Å²) < 4.78 is 5.76. The molecule has 1 aromatic rings. The molecule has 1 heterocycles. The highest BCUT2D eigenvalue weighted by atomic mass is 16.5. The Labute approximate surface area is 116 Å². The number of rotatable bonds is 3. The van der Waals surface area contributed by atoms with Crippen LogP contribution in [0.2, 0.25) is 0 Å². The fourth-order valence-corrected chi connectivity index (χ4v) is 1.34. The molecule has 0 aliphatic carbocycles. The zero-order valence-electron chi connectivity index (χ0n) is 13.2. The fourth-order valence-electron chi connectivity index (χ4n) is 1.34. The van der Waals surface area contributed by atoms with Gasteiger partial charge in [0, 0.05) is 6.04 Å². The van der Waals surface area contributed by atoms with E-state index < -0.39 is 0 Å². The largest absolute Gasteiger partial charge is 0.470 e. The lowest BCUT2D eigenvalue weighted by Gasteiger charge is -2.29. The Morgan fingerprint density at radius 2 is 1.74 bits per heavy atom. The van der Waals surface area contributed by atoms with Crippen molar-refractivity contribution in [2.24, 2.45) is 5.41 Å². The predicted molar refractivity (Wildman–Crippen MR) is 81.6 cm³/mol. The normalized spacial score (nSPS) is 14.1. The van der Waals surface area contributed by atoms with Gasteiger partial charge in [-0.1, -0.05) is 20.8 Å². The third-order valence-electron chi connectivity index (χ3n) is 2.96. The first-order chi connectivity index (χ1) is 8.49. The van der Waals surface area contributed by atoms with E-state index in [-0.39, 0.29) is 11.0 Å². The third kappa shape index (κ3) is 4.97. The molecule has 0 bridgehead atoms. The molecule has 1 rings (SSSR count). The van der Waals surface area contributed by atoms with E-state index in [0.29, 0.717) is 17.6 Å². The molecule has 0 aromatic carbocycles. The topological polar surface area (TPSA) is 60.2 Å². The third-order valence-corrected chi connectivity index (χ3v) is 2.96. The van der Waals surface area contributed by atoms with Gasteiger partial charge in [0.15, 0.2) is 0 Å². The molecule has 4 heteroatoms. The number of hydrogen-bond acceptors (Lipinski definition) is 4. The van der Waals surface area contributed by atoms with E-state index in [1.807, 2.05) is 32.9 Å². The van der Waals surface area contributed by atoms with Crippen molar-refractivity contribution in [3.05, 3.63) is 12.1 Å². The number of anilines is 2. The van der Waals surface area contributed by atoms with Crippen molar-refractivity contribution in [2.75, 3.05) is 11.1 Å². The van der Waals surface area contributed by atoms with Gasteiger partial charge in [-0.15, -0.1) is 0 Å². The van der Waals surface area contributed by atoms with Crippen LogP contribution in [-0.2, 0) is 0 Å². The van der Waals surface area contributed by atoms with Crippen LogP contribution in [0.3, 0.4) is 0 Å². The Bertz CT molecular complexity index is 430. The smallest absolute Gasteiger partial charge is 0.239 e. The lowest BCUT2D eigenvalue weighted by atomic mass is 9.88. The van der Waals surface area contributed by atoms with Gasteiger partial charge in [-0.25, -0.2) is 0 Å². The molecule has 0 saturated heterocycles. The summed E-state index contributed by atoms with van der Waals surface area (Å²) in [7, 11) is 0. The number of nitrogen functional groups attached to an aromatic ring is 1. The maximum Gasteiger partial charge on any atom is 0.239 e. The van der Waals surface area contributed by atoms with E-state index in [2.05, 4.69) is 38.0 Å². The van der Waals surface area contributed by atoms with Gasteiger partial charge in [-0.2, -0.15) is 4.98 Å². The molecule has 0 saturated carbocycles. The maximum atomic E-state index is 5.90. The molecule has 3 N–H and O–H groups in total. The molecule has 1 atom stereocenters. The van der Waals surface area contributed by atoms with Crippen molar-refractivity contribution in [1.82, 2.24) is 4.98 Å². The van der Waals surface area contributed by atoms with E-state index in [9.17, 15) is 0 Å². The Balaban J connectivity index is 2.91. The second kappa shape index (κ2) is 5.27. The first kappa shape index (κ1) is 15.6. The Morgan fingerprint density at radius 1 is 1.16 bits per heavy atom. The molecule has 108 valence electrons. The Kier molecular flexibility index (Phi) is 4.33. The molecule has 4 nitrogen and oxygen atoms in total. The van der Waals surface area contributed by atoms with Gasteiger partial charge in [0.05, 0.1) is 5.69 Å². The van der Waals surface area contributed by atoms with Crippen LogP contribution in [0.4, 0.5) is 11.5 Å². The quantitative estimate of drug-likeness (QED) is 0.875. The highest BCUT2D eigenvalue weighted by Gasteiger charge is 2.21. The molecule has 0 spiro atoms. The average molecular weight is 265 g/mol. The van der Waals surface area contributed by atoms with Crippen LogP contribution in [0.15, 0.2) is 12.1 Å². The summed E-state index contributed by atoms with van der Waals surface area (Å²) in [6.07, 6.45) is 0. The molecule has 0 aliphatic heterocycles. The summed E-state index contributed by atoms with van der Waals surface area (Å²) in [5, 5.41) is 3.39. The molecule has 0 amide bonds. The van der Waals surface area contributed by atoms with Crippen LogP contribution < -0.4 is 15.8 Å². The molecule has 0 radical (unpaired) electrons. The van der Waals surface area contributed by atoms with Gasteiger partial charge in [-0.3, -0.25) is 0 Å². The first-order valence-electron chi connectivity index (χ1n) is 6.71. The zero-order chi connectivity index (χ0) is 14.8. The average Bonchev–Trinajstić information content (AvgIpc) is 2.19. The summed E-state index contributed by atoms with van der Waals surface area (Å²) in [6.45, 7) is 14.6. The van der Waals surface area contributed by atoms with Crippen LogP contribution >= 0.6 is 0 Å². The highest BCUT2D eigenvalue weighted by Crippen LogP contribution is 2.27. The summed E-state index contributed by atoms with van der Waals surface area (Å²) >= 11 is 0. The SMILES string of the molecule is CC(Nc1ccc(N)c(OC(C)(C)C)n1)C(C)(C)C. The van der Waals surface area contributed by atoms with Gasteiger partial charge >= 0.3 is 0 Å². The van der Waals surface area contributed by atoms with Crippen molar-refractivity contribution in [2.45, 2.75) is 60.1 Å². The second-order valence-electron chi connectivity index (χ2n) is 7.04. The van der Waals surface area contributed by atoms with Crippen molar-refractivity contribution in [3.8, 4) is 5.88 Å². The number of nitrogens with one attached hydrogen (secondary N) is 1. The summed E-state index contributed by atoms with van der Waals surface area (Å²) in [6, 6.07) is 4.00. The van der Waals surface area contributed by atoms with E-state index in [1.165, 1.54) is 0 Å². The van der Waals surface area contributed by atoms with Gasteiger partial charge in [-0.05, 0) is 45.2 Å². The van der Waals surface area contributed by atoms with E-state index in [0.717, 1.165) is 5.82 Å². The van der Waals surface area contributed by atoms with Gasteiger partial charge < -0.3 is 15.8 Å². The van der Waals surface area contributed by atoms with Crippen LogP contribution in [0.1, 0.15) is 48.5 Å². The van der Waals surface area contributed by atoms with Gasteiger partial charge in [0.25, 0.3) is 0 Å². The van der Waals surface area contributed by atoms with Crippen LogP contribution in [-0.4, -0.2) is 16.6 Å². The standard InChI is InChI=1S/C15H27N3O/c1-10(14(2,3)4)17-12-9-8-11(16)13(18-12)19-15(5,6)7/h8-10H,16H2,1-7H3,(H,17,18). The number of nitrogens with zero attached hydrogens (tertiary/aromatic N) is 1. The number of ether oxygens (including phenoxy) is 1. The van der Waals surface area contributed by atoms with Gasteiger partial charge in [0.2, 0.25) is 5.88 Å². The monoisotopic (exact) mass is 265 g/mol. The molecular weight excluding hydrogens is 238 g/mol. The summed E-state index contributed by atoms with van der Waals surface area (Å²) in [5.41, 5.74) is 6.31. The van der Waals surface area contributed by atoms with Gasteiger partial charge in [0.1, 0.15) is 11.4 Å². The van der Waals surface area contributed by atoms with Crippen molar-refractivity contribution < 1.29 is 4.74 Å². The lowest BCUT2D eigenvalue weighted by Crippen LogP contribution is -2.31. The minimum Gasteiger partial charge on any atom is -0.470 e. The van der Waals surface area contributed by atoms with E-state index in [4.69, 9.17) is 10.5 Å². The Hall–Kier alpha value is -1.45. The Morgan fingerprint density at radius 3 is 2.21 bits per heavy atom. The highest BCUT2D eigenvalue weighted by molar-refractivity contribution is 5.54. The zero-order valence-corrected chi connectivity index (χ0v) is 13.2. The minimum atomic E-state index is -0.310. The summed E-state index contributed by atoms with van der Waals surface area (Å²) in [5.74, 6) is 1.27. The molecule has 19 heavy (non-hydrogen) atoms. The predicted octanol–water partition coefficient (Wildman–Crippen LogP) is 3.69. The molecule has 0 aliphatic rings. The lowest BCUT2D eigenvalue weighted by molar-refractivity contribution is 0.125. The first-order valence-corrected chi connectivity index (χ1v) is 6.71. The number of hydrogen-bond donors (Lipinski definition) is 2. The van der Waals surface area contributed by atoms with Crippen LogP contribution in [0, 0.1) is 5.41 Å². The van der Waals surface area contributed by atoms with Crippen LogP contribution in [0.25, 0.3) is 0 Å². The number of nitrogens with two attached hydrogens (primary N) is 1. The van der Waals surface area contributed by atoms with E-state index >= 15 is 0 Å². The molecule has 0 fully saturated rings. The van der Waals surface area contributed by atoms with E-state index in [1.54, 1.807) is 0 Å². The molecule has 1 aromatic heterocycles. The maximum absolute atomic E-state index is 5.90. The van der Waals surface area contributed by atoms with Crippen molar-refractivity contribution >= 4 is 11.5 Å². The van der Waals surface area contributed by atoms with Crippen molar-refractivity contribution in [1.29, 1.82) is 0 Å². The number of pyridine rings is 1. The van der Waals surface area contributed by atoms with Crippen molar-refractivity contribution in [3.63, 3.8) is 0 Å². The number of aromatic nitrogens is 1. The van der Waals surface area contributed by atoms with Crippen LogP contribution in [0.5, 0.6) is 5.88 Å². The summed E-state index contributed by atoms with van der Waals surface area (Å²) in [4.78, 5) is 4.45. The molecular formula is C15H27N3O.